The molecule has 124 valence electrons. The zero-order valence-corrected chi connectivity index (χ0v) is 13.1. The van der Waals surface area contributed by atoms with Crippen LogP contribution >= 0.6 is 11.6 Å². The molecule has 1 aliphatic rings. The lowest BCUT2D eigenvalue weighted by Gasteiger charge is -2.29. The maximum Gasteiger partial charge on any atom is 0.436 e. The van der Waals surface area contributed by atoms with E-state index in [1.165, 1.54) is 6.92 Å². The van der Waals surface area contributed by atoms with Crippen molar-refractivity contribution in [3.05, 3.63) is 16.4 Å². The maximum absolute atomic E-state index is 12.7. The number of carbonyl (C=O) groups is 1. The molecule has 1 fully saturated rings. The molecule has 1 aromatic rings. The Morgan fingerprint density at radius 3 is 2.50 bits per heavy atom. The third-order valence-electron chi connectivity index (χ3n) is 3.78. The van der Waals surface area contributed by atoms with E-state index in [9.17, 15) is 18.0 Å². The summed E-state index contributed by atoms with van der Waals surface area (Å²) in [4.78, 5) is 14.1. The fraction of sp³-hybridized carbons (Fsp3) is 0.692. The fourth-order valence-corrected chi connectivity index (χ4v) is 2.66. The van der Waals surface area contributed by atoms with Crippen molar-refractivity contribution in [1.29, 1.82) is 0 Å². The number of piperidine rings is 1. The monoisotopic (exact) mass is 338 g/mol. The Morgan fingerprint density at radius 2 is 2.00 bits per heavy atom. The molecule has 1 amide bonds. The van der Waals surface area contributed by atoms with Crippen LogP contribution in [0, 0.1) is 6.92 Å². The van der Waals surface area contributed by atoms with Gasteiger partial charge >= 0.3 is 6.18 Å². The molecule has 0 unspecified atom stereocenters. The summed E-state index contributed by atoms with van der Waals surface area (Å²) in [6.07, 6.45) is -2.97. The lowest BCUT2D eigenvalue weighted by Crippen LogP contribution is -2.44. The molecule has 1 aromatic heterocycles. The number of rotatable bonds is 3. The molecule has 0 atom stereocenters. The molecule has 2 rings (SSSR count). The van der Waals surface area contributed by atoms with Crippen LogP contribution in [0.4, 0.5) is 13.2 Å². The molecule has 0 saturated carbocycles. The predicted molar refractivity (Wildman–Crippen MR) is 75.6 cm³/mol. The van der Waals surface area contributed by atoms with Gasteiger partial charge in [-0.05, 0) is 39.9 Å². The highest BCUT2D eigenvalue weighted by Crippen LogP contribution is 2.35. The van der Waals surface area contributed by atoms with Crippen molar-refractivity contribution in [2.75, 3.05) is 20.1 Å². The van der Waals surface area contributed by atoms with Gasteiger partial charge in [0.05, 0.1) is 10.7 Å². The highest BCUT2D eigenvalue weighted by atomic mass is 35.5. The molecule has 9 heteroatoms. The summed E-state index contributed by atoms with van der Waals surface area (Å²) in [7, 11) is 2.01. The van der Waals surface area contributed by atoms with E-state index in [1.54, 1.807) is 0 Å². The van der Waals surface area contributed by atoms with Gasteiger partial charge in [-0.15, -0.1) is 0 Å². The smallest absolute Gasteiger partial charge is 0.352 e. The summed E-state index contributed by atoms with van der Waals surface area (Å²) >= 11 is 5.65. The zero-order valence-electron chi connectivity index (χ0n) is 12.4. The van der Waals surface area contributed by atoms with Gasteiger partial charge in [-0.2, -0.15) is 18.3 Å². The van der Waals surface area contributed by atoms with Crippen LogP contribution in [0.25, 0.3) is 0 Å². The fourth-order valence-electron chi connectivity index (χ4n) is 2.42. The normalized spacial score (nSPS) is 17.7. The van der Waals surface area contributed by atoms with Gasteiger partial charge in [0.25, 0.3) is 0 Å². The third kappa shape index (κ3) is 3.92. The van der Waals surface area contributed by atoms with Crippen molar-refractivity contribution in [1.82, 2.24) is 20.0 Å². The minimum Gasteiger partial charge on any atom is -0.352 e. The molecule has 5 nitrogen and oxygen atoms in total. The van der Waals surface area contributed by atoms with Crippen LogP contribution in [0.15, 0.2) is 0 Å². The van der Waals surface area contributed by atoms with Gasteiger partial charge < -0.3 is 10.2 Å². The van der Waals surface area contributed by atoms with E-state index < -0.39 is 16.9 Å². The van der Waals surface area contributed by atoms with Crippen LogP contribution < -0.4 is 5.32 Å². The topological polar surface area (TPSA) is 50.2 Å². The molecular weight excluding hydrogens is 321 g/mol. The average Bonchev–Trinajstić information content (AvgIpc) is 2.69. The van der Waals surface area contributed by atoms with Gasteiger partial charge in [-0.3, -0.25) is 9.48 Å². The first-order valence-electron chi connectivity index (χ1n) is 6.96. The Balaban J connectivity index is 2.00. The number of aromatic nitrogens is 2. The number of hydrogen-bond donors (Lipinski definition) is 1. The quantitative estimate of drug-likeness (QED) is 0.918. The number of alkyl halides is 3. The Bertz CT molecular complexity index is 550. The van der Waals surface area contributed by atoms with Crippen molar-refractivity contribution in [2.45, 2.75) is 38.5 Å². The average molecular weight is 339 g/mol. The van der Waals surface area contributed by atoms with Crippen molar-refractivity contribution in [3.8, 4) is 0 Å². The van der Waals surface area contributed by atoms with E-state index in [2.05, 4.69) is 15.3 Å². The van der Waals surface area contributed by atoms with E-state index in [4.69, 9.17) is 11.6 Å². The van der Waals surface area contributed by atoms with Crippen molar-refractivity contribution < 1.29 is 18.0 Å². The van der Waals surface area contributed by atoms with Gasteiger partial charge in [0, 0.05) is 6.04 Å². The second-order valence-electron chi connectivity index (χ2n) is 5.55. The lowest BCUT2D eigenvalue weighted by atomic mass is 10.1. The summed E-state index contributed by atoms with van der Waals surface area (Å²) in [6.45, 7) is 2.91. The van der Waals surface area contributed by atoms with Gasteiger partial charge in [0.1, 0.15) is 6.54 Å². The maximum atomic E-state index is 12.7. The van der Waals surface area contributed by atoms with Gasteiger partial charge in [-0.1, -0.05) is 11.6 Å². The molecule has 1 saturated heterocycles. The van der Waals surface area contributed by atoms with Gasteiger partial charge in [0.15, 0.2) is 5.69 Å². The van der Waals surface area contributed by atoms with E-state index in [0.717, 1.165) is 30.6 Å². The van der Waals surface area contributed by atoms with Crippen molar-refractivity contribution in [3.63, 3.8) is 0 Å². The van der Waals surface area contributed by atoms with E-state index in [-0.39, 0.29) is 24.2 Å². The zero-order chi connectivity index (χ0) is 16.5. The van der Waals surface area contributed by atoms with Gasteiger partial charge in [0.2, 0.25) is 5.91 Å². The third-order valence-corrected chi connectivity index (χ3v) is 4.23. The number of likely N-dealkylation sites (tertiary alicyclic amines) is 1. The molecule has 1 aliphatic heterocycles. The molecular formula is C13H18ClF3N4O. The number of halogens is 4. The standard InChI is InChI=1S/C13H18ClF3N4O/c1-8-11(14)12(13(15,16)17)19-21(8)7-10(22)18-9-3-5-20(2)6-4-9/h9H,3-7H2,1-2H3,(H,18,22). The predicted octanol–water partition coefficient (Wildman–Crippen LogP) is 2.07. The molecule has 0 bridgehead atoms. The number of hydrogen-bond acceptors (Lipinski definition) is 3. The number of amides is 1. The van der Waals surface area contributed by atoms with Crippen LogP contribution in [-0.2, 0) is 17.5 Å². The number of nitrogens with one attached hydrogen (secondary N) is 1. The first-order chi connectivity index (χ1) is 10.2. The van der Waals surface area contributed by atoms with Crippen molar-refractivity contribution >= 4 is 17.5 Å². The first kappa shape index (κ1) is 17.1. The van der Waals surface area contributed by atoms with Crippen LogP contribution in [0.3, 0.4) is 0 Å². The number of carbonyl (C=O) groups excluding carboxylic acids is 1. The van der Waals surface area contributed by atoms with Gasteiger partial charge in [-0.25, -0.2) is 0 Å². The van der Waals surface area contributed by atoms with E-state index in [1.807, 2.05) is 7.05 Å². The molecule has 0 aromatic carbocycles. The van der Waals surface area contributed by atoms with Crippen LogP contribution in [0.1, 0.15) is 24.2 Å². The van der Waals surface area contributed by atoms with E-state index >= 15 is 0 Å². The minimum atomic E-state index is -4.63. The highest BCUT2D eigenvalue weighted by Gasteiger charge is 2.38. The summed E-state index contributed by atoms with van der Waals surface area (Å²) in [6, 6.07) is 0.0529. The highest BCUT2D eigenvalue weighted by molar-refractivity contribution is 6.32. The van der Waals surface area contributed by atoms with Crippen LogP contribution in [0.5, 0.6) is 0 Å². The summed E-state index contributed by atoms with van der Waals surface area (Å²) in [5.41, 5.74) is -1.02. The molecule has 0 aliphatic carbocycles. The summed E-state index contributed by atoms with van der Waals surface area (Å²) < 4.78 is 39.2. The van der Waals surface area contributed by atoms with Crippen LogP contribution in [0.2, 0.25) is 5.02 Å². The minimum absolute atomic E-state index is 0.0529. The SMILES string of the molecule is Cc1c(Cl)c(C(F)(F)F)nn1CC(=O)NC1CCN(C)CC1. The molecule has 0 spiro atoms. The second kappa shape index (κ2) is 6.45. The summed E-state index contributed by atoms with van der Waals surface area (Å²) in [5.74, 6) is -0.356. The van der Waals surface area contributed by atoms with E-state index in [0.29, 0.717) is 0 Å². The Kier molecular flexibility index (Phi) is 5.01. The van der Waals surface area contributed by atoms with Crippen molar-refractivity contribution in [2.24, 2.45) is 0 Å². The summed E-state index contributed by atoms with van der Waals surface area (Å²) in [5, 5.41) is 5.79. The largest absolute Gasteiger partial charge is 0.436 e. The lowest BCUT2D eigenvalue weighted by molar-refractivity contribution is -0.141. The molecule has 22 heavy (non-hydrogen) atoms. The van der Waals surface area contributed by atoms with Crippen LogP contribution in [-0.4, -0.2) is 46.8 Å². The molecule has 1 N–H and O–H groups in total. The molecule has 0 radical (unpaired) electrons. The Labute approximate surface area is 131 Å². The molecule has 2 heterocycles. The first-order valence-corrected chi connectivity index (χ1v) is 7.34. The number of nitrogens with zero attached hydrogens (tertiary/aromatic N) is 3. The second-order valence-corrected chi connectivity index (χ2v) is 5.93. The Morgan fingerprint density at radius 1 is 1.41 bits per heavy atom. The Hall–Kier alpha value is -1.28.